The summed E-state index contributed by atoms with van der Waals surface area (Å²) < 4.78 is 10.9. The van der Waals surface area contributed by atoms with E-state index in [1.54, 1.807) is 36.4 Å². The number of aliphatic carboxylic acids is 1. The van der Waals surface area contributed by atoms with Crippen molar-refractivity contribution in [3.05, 3.63) is 88.9 Å². The minimum atomic E-state index is -1.02. The molecule has 7 heteroatoms. The Hall–Kier alpha value is -3.06. The van der Waals surface area contributed by atoms with Crippen LogP contribution in [-0.4, -0.2) is 35.9 Å². The van der Waals surface area contributed by atoms with E-state index in [0.29, 0.717) is 28.8 Å². The Morgan fingerprint density at radius 2 is 1.61 bits per heavy atom. The van der Waals surface area contributed by atoms with Crippen molar-refractivity contribution in [1.29, 1.82) is 0 Å². The molecule has 0 fully saturated rings. The fraction of sp³-hybridized carbons (Fsp3) is 0.208. The topological polar surface area (TPSA) is 88.0 Å². The summed E-state index contributed by atoms with van der Waals surface area (Å²) in [5.41, 5.74) is 1.94. The SMILES string of the molecule is O=C(O)COc1ccc(Oc2ccc(CCNC[C@H](O)c3cccc(Cl)c3)cc2)cc1. The molecule has 0 bridgehead atoms. The van der Waals surface area contributed by atoms with Crippen LogP contribution in [0, 0.1) is 0 Å². The van der Waals surface area contributed by atoms with Crippen LogP contribution in [0.2, 0.25) is 5.02 Å². The highest BCUT2D eigenvalue weighted by Gasteiger charge is 2.07. The third-order valence-corrected chi connectivity index (χ3v) is 4.74. The van der Waals surface area contributed by atoms with Crippen LogP contribution in [0.15, 0.2) is 72.8 Å². The van der Waals surface area contributed by atoms with E-state index < -0.39 is 12.1 Å². The quantitative estimate of drug-likeness (QED) is 0.381. The van der Waals surface area contributed by atoms with Gasteiger partial charge in [-0.3, -0.25) is 0 Å². The van der Waals surface area contributed by atoms with E-state index in [-0.39, 0.29) is 6.61 Å². The van der Waals surface area contributed by atoms with Gasteiger partial charge in [-0.25, -0.2) is 4.79 Å². The summed E-state index contributed by atoms with van der Waals surface area (Å²) in [6.07, 6.45) is 0.216. The highest BCUT2D eigenvalue weighted by molar-refractivity contribution is 6.30. The number of carboxylic acid groups (broad SMARTS) is 1. The number of carbonyl (C=O) groups is 1. The van der Waals surface area contributed by atoms with E-state index in [1.165, 1.54) is 0 Å². The van der Waals surface area contributed by atoms with Crippen molar-refractivity contribution in [3.8, 4) is 17.2 Å². The molecule has 6 nitrogen and oxygen atoms in total. The van der Waals surface area contributed by atoms with Gasteiger partial charge in [-0.2, -0.15) is 0 Å². The van der Waals surface area contributed by atoms with Gasteiger partial charge in [0.15, 0.2) is 6.61 Å². The summed E-state index contributed by atoms with van der Waals surface area (Å²) in [4.78, 5) is 10.5. The molecule has 0 saturated carbocycles. The minimum Gasteiger partial charge on any atom is -0.482 e. The number of rotatable bonds is 11. The summed E-state index contributed by atoms with van der Waals surface area (Å²) in [6.45, 7) is 0.805. The molecule has 0 amide bonds. The lowest BCUT2D eigenvalue weighted by atomic mass is 10.1. The normalized spacial score (nSPS) is 11.7. The molecule has 3 N–H and O–H groups in total. The molecule has 0 aliphatic carbocycles. The van der Waals surface area contributed by atoms with Gasteiger partial charge < -0.3 is 25.0 Å². The van der Waals surface area contributed by atoms with Gasteiger partial charge in [0.1, 0.15) is 17.2 Å². The van der Waals surface area contributed by atoms with Crippen LogP contribution < -0.4 is 14.8 Å². The van der Waals surface area contributed by atoms with Crippen molar-refractivity contribution in [3.63, 3.8) is 0 Å². The van der Waals surface area contributed by atoms with Gasteiger partial charge in [-0.15, -0.1) is 0 Å². The number of halogens is 1. The third-order valence-electron chi connectivity index (χ3n) is 4.51. The second kappa shape index (κ2) is 11.4. The van der Waals surface area contributed by atoms with E-state index >= 15 is 0 Å². The van der Waals surface area contributed by atoms with E-state index in [0.717, 1.165) is 24.1 Å². The molecule has 3 rings (SSSR count). The van der Waals surface area contributed by atoms with Crippen LogP contribution in [-0.2, 0) is 11.2 Å². The molecular weight excluding hydrogens is 418 g/mol. The molecule has 0 unspecified atom stereocenters. The van der Waals surface area contributed by atoms with Crippen LogP contribution in [0.1, 0.15) is 17.2 Å². The maximum Gasteiger partial charge on any atom is 0.341 e. The fourth-order valence-corrected chi connectivity index (χ4v) is 3.11. The zero-order valence-corrected chi connectivity index (χ0v) is 17.6. The van der Waals surface area contributed by atoms with E-state index in [2.05, 4.69) is 5.32 Å². The van der Waals surface area contributed by atoms with Crippen molar-refractivity contribution in [2.24, 2.45) is 0 Å². The molecule has 0 spiro atoms. The van der Waals surface area contributed by atoms with Crippen LogP contribution in [0.25, 0.3) is 0 Å². The zero-order valence-electron chi connectivity index (χ0n) is 16.8. The fourth-order valence-electron chi connectivity index (χ4n) is 2.91. The summed E-state index contributed by atoms with van der Waals surface area (Å²) in [5.74, 6) is 0.783. The average Bonchev–Trinajstić information content (AvgIpc) is 2.77. The molecule has 0 radical (unpaired) electrons. The Labute approximate surface area is 186 Å². The lowest BCUT2D eigenvalue weighted by Crippen LogP contribution is -2.23. The molecule has 0 saturated heterocycles. The molecule has 0 aromatic heterocycles. The second-order valence-electron chi connectivity index (χ2n) is 6.92. The van der Waals surface area contributed by atoms with Gasteiger partial charge >= 0.3 is 5.97 Å². The van der Waals surface area contributed by atoms with Crippen LogP contribution in [0.4, 0.5) is 0 Å². The third kappa shape index (κ3) is 7.61. The van der Waals surface area contributed by atoms with Crippen molar-refractivity contribution in [2.75, 3.05) is 19.7 Å². The van der Waals surface area contributed by atoms with E-state index in [4.69, 9.17) is 26.2 Å². The number of aliphatic hydroxyl groups excluding tert-OH is 1. The van der Waals surface area contributed by atoms with Gasteiger partial charge in [-0.05, 0) is 72.6 Å². The second-order valence-corrected chi connectivity index (χ2v) is 7.36. The number of nitrogens with one attached hydrogen (secondary N) is 1. The molecule has 0 aliphatic heterocycles. The zero-order chi connectivity index (χ0) is 22.1. The number of aliphatic hydroxyl groups is 1. The average molecular weight is 442 g/mol. The summed E-state index contributed by atoms with van der Waals surface area (Å²) in [6, 6.07) is 21.8. The molecule has 162 valence electrons. The Bertz CT molecular complexity index is 976. The van der Waals surface area contributed by atoms with Crippen molar-refractivity contribution in [1.82, 2.24) is 5.32 Å². The van der Waals surface area contributed by atoms with Gasteiger partial charge in [0.25, 0.3) is 0 Å². The van der Waals surface area contributed by atoms with Crippen LogP contribution >= 0.6 is 11.6 Å². The first-order valence-electron chi connectivity index (χ1n) is 9.85. The highest BCUT2D eigenvalue weighted by Crippen LogP contribution is 2.24. The van der Waals surface area contributed by atoms with Crippen LogP contribution in [0.5, 0.6) is 17.2 Å². The monoisotopic (exact) mass is 441 g/mol. The molecule has 0 heterocycles. The Balaban J connectivity index is 1.41. The van der Waals surface area contributed by atoms with Gasteiger partial charge in [0.05, 0.1) is 6.10 Å². The molecular formula is C24H24ClNO5. The lowest BCUT2D eigenvalue weighted by molar-refractivity contribution is -0.139. The number of ether oxygens (including phenoxy) is 2. The van der Waals surface area contributed by atoms with E-state index in [9.17, 15) is 9.90 Å². The lowest BCUT2D eigenvalue weighted by Gasteiger charge is -2.13. The summed E-state index contributed by atoms with van der Waals surface area (Å²) in [5, 5.41) is 22.7. The summed E-state index contributed by atoms with van der Waals surface area (Å²) >= 11 is 5.96. The largest absolute Gasteiger partial charge is 0.482 e. The molecule has 31 heavy (non-hydrogen) atoms. The number of benzene rings is 3. The summed E-state index contributed by atoms with van der Waals surface area (Å²) in [7, 11) is 0. The molecule has 3 aromatic rings. The predicted molar refractivity (Wildman–Crippen MR) is 119 cm³/mol. The van der Waals surface area contributed by atoms with E-state index in [1.807, 2.05) is 36.4 Å². The predicted octanol–water partition coefficient (Wildman–Crippen LogP) is 4.46. The van der Waals surface area contributed by atoms with Crippen molar-refractivity contribution >= 4 is 17.6 Å². The molecule has 0 aliphatic rings. The van der Waals surface area contributed by atoms with Gasteiger partial charge in [-0.1, -0.05) is 35.9 Å². The standard InChI is InChI=1S/C24H24ClNO5/c25-19-3-1-2-18(14-19)23(27)15-26-13-12-17-4-6-21(7-5-17)31-22-10-8-20(9-11-22)30-16-24(28)29/h1-11,14,23,26-27H,12-13,15-16H2,(H,28,29)/t23-/m0/s1. The Morgan fingerprint density at radius 3 is 2.26 bits per heavy atom. The van der Waals surface area contributed by atoms with Crippen molar-refractivity contribution in [2.45, 2.75) is 12.5 Å². The van der Waals surface area contributed by atoms with Gasteiger partial charge in [0, 0.05) is 11.6 Å². The maximum atomic E-state index is 10.5. The Kier molecular flexibility index (Phi) is 8.29. The maximum absolute atomic E-state index is 10.5. The first-order chi connectivity index (χ1) is 15.0. The number of hydrogen-bond donors (Lipinski definition) is 3. The highest BCUT2D eigenvalue weighted by atomic mass is 35.5. The van der Waals surface area contributed by atoms with Crippen molar-refractivity contribution < 1.29 is 24.5 Å². The van der Waals surface area contributed by atoms with Crippen LogP contribution in [0.3, 0.4) is 0 Å². The smallest absolute Gasteiger partial charge is 0.341 e. The van der Waals surface area contributed by atoms with Gasteiger partial charge in [0.2, 0.25) is 0 Å². The number of hydrogen-bond acceptors (Lipinski definition) is 5. The molecule has 1 atom stereocenters. The Morgan fingerprint density at radius 1 is 0.968 bits per heavy atom. The first kappa shape index (κ1) is 22.6. The molecule has 3 aromatic carbocycles. The number of carboxylic acids is 1. The first-order valence-corrected chi connectivity index (χ1v) is 10.2. The minimum absolute atomic E-state index is 0.379.